The maximum absolute atomic E-state index is 13.3. The quantitative estimate of drug-likeness (QED) is 0.191. The summed E-state index contributed by atoms with van der Waals surface area (Å²) in [5, 5.41) is 13.0. The van der Waals surface area contributed by atoms with Gasteiger partial charge in [-0.15, -0.1) is 0 Å². The summed E-state index contributed by atoms with van der Waals surface area (Å²) in [6, 6.07) is 16.2. The minimum Gasteiger partial charge on any atom is -0.358 e. The fourth-order valence-electron chi connectivity index (χ4n) is 4.05. The Kier molecular flexibility index (Phi) is 9.69. The van der Waals surface area contributed by atoms with Crippen molar-refractivity contribution in [2.45, 2.75) is 46.3 Å². The first-order chi connectivity index (χ1) is 19.2. The van der Waals surface area contributed by atoms with Gasteiger partial charge >= 0.3 is 0 Å². The largest absolute Gasteiger partial charge is 0.358 e. The Morgan fingerprint density at radius 1 is 1.00 bits per heavy atom. The fourth-order valence-corrected chi connectivity index (χ4v) is 4.26. The molecule has 2 amide bonds. The number of aromatic nitrogens is 4. The molecule has 0 saturated heterocycles. The molecule has 40 heavy (non-hydrogen) atoms. The Bertz CT molecular complexity index is 1420. The second-order valence-electron chi connectivity index (χ2n) is 9.81. The van der Waals surface area contributed by atoms with Crippen molar-refractivity contribution in [1.29, 1.82) is 0 Å². The van der Waals surface area contributed by atoms with E-state index in [-0.39, 0.29) is 17.7 Å². The van der Waals surface area contributed by atoms with Crippen LogP contribution in [-0.2, 0) is 22.7 Å². The van der Waals surface area contributed by atoms with Gasteiger partial charge in [0.15, 0.2) is 0 Å². The molecule has 10 nitrogen and oxygen atoms in total. The lowest BCUT2D eigenvalue weighted by molar-refractivity contribution is -0.122. The Morgan fingerprint density at radius 3 is 2.48 bits per heavy atom. The standard InChI is InChI=1S/C29H33ClN8O2/c1-19(2)13-25(28(40)32-16-21-7-9-24(10-8-21)34-20(3)39)35-26-15-27(38-12-11-31-18-38)37-29(36-26)33-17-22-5-4-6-23(30)14-22/h4-12,14-15,18-19,25H,13,16-17H2,1-3H3,(H,32,40)(H,34,39)(H2,33,35,36,37). The van der Waals surface area contributed by atoms with Gasteiger partial charge in [-0.2, -0.15) is 9.97 Å². The highest BCUT2D eigenvalue weighted by molar-refractivity contribution is 6.30. The average Bonchev–Trinajstić information content (AvgIpc) is 3.46. The minimum atomic E-state index is -0.523. The lowest BCUT2D eigenvalue weighted by Crippen LogP contribution is -2.40. The molecule has 2 heterocycles. The van der Waals surface area contributed by atoms with Crippen LogP contribution >= 0.6 is 11.6 Å². The van der Waals surface area contributed by atoms with E-state index < -0.39 is 6.04 Å². The average molecular weight is 561 g/mol. The molecule has 2 aromatic heterocycles. The van der Waals surface area contributed by atoms with Gasteiger partial charge in [-0.05, 0) is 47.7 Å². The number of amides is 2. The molecule has 1 atom stereocenters. The number of benzene rings is 2. The molecule has 4 aromatic rings. The normalized spacial score (nSPS) is 11.6. The summed E-state index contributed by atoms with van der Waals surface area (Å²) in [7, 11) is 0. The van der Waals surface area contributed by atoms with Crippen molar-refractivity contribution < 1.29 is 9.59 Å². The van der Waals surface area contributed by atoms with Gasteiger partial charge in [0.25, 0.3) is 0 Å². The first-order valence-corrected chi connectivity index (χ1v) is 13.4. The zero-order chi connectivity index (χ0) is 28.5. The van der Waals surface area contributed by atoms with Crippen LogP contribution in [0.5, 0.6) is 0 Å². The van der Waals surface area contributed by atoms with E-state index in [0.717, 1.165) is 11.1 Å². The zero-order valence-electron chi connectivity index (χ0n) is 22.7. The van der Waals surface area contributed by atoms with Gasteiger partial charge in [-0.25, -0.2) is 4.98 Å². The highest BCUT2D eigenvalue weighted by atomic mass is 35.5. The number of nitrogens with zero attached hydrogens (tertiary/aromatic N) is 4. The predicted octanol–water partition coefficient (Wildman–Crippen LogP) is 5.03. The molecule has 208 valence electrons. The monoisotopic (exact) mass is 560 g/mol. The van der Waals surface area contributed by atoms with Gasteiger partial charge in [0.2, 0.25) is 17.8 Å². The summed E-state index contributed by atoms with van der Waals surface area (Å²) in [6.07, 6.45) is 5.72. The van der Waals surface area contributed by atoms with Crippen LogP contribution in [-0.4, -0.2) is 37.4 Å². The molecule has 0 aliphatic heterocycles. The van der Waals surface area contributed by atoms with E-state index >= 15 is 0 Å². The number of carbonyl (C=O) groups excluding carboxylic acids is 2. The van der Waals surface area contributed by atoms with Crippen molar-refractivity contribution >= 4 is 40.9 Å². The molecule has 4 N–H and O–H groups in total. The Balaban J connectivity index is 1.49. The highest BCUT2D eigenvalue weighted by Gasteiger charge is 2.21. The second-order valence-corrected chi connectivity index (χ2v) is 10.2. The van der Waals surface area contributed by atoms with E-state index in [4.69, 9.17) is 11.6 Å². The fraction of sp³-hybridized carbons (Fsp3) is 0.276. The highest BCUT2D eigenvalue weighted by Crippen LogP contribution is 2.19. The number of imidazole rings is 1. The molecule has 0 fully saturated rings. The predicted molar refractivity (Wildman–Crippen MR) is 157 cm³/mol. The summed E-state index contributed by atoms with van der Waals surface area (Å²) in [4.78, 5) is 37.9. The van der Waals surface area contributed by atoms with Crippen LogP contribution in [0.2, 0.25) is 5.02 Å². The van der Waals surface area contributed by atoms with Gasteiger partial charge in [0, 0.05) is 49.2 Å². The molecular formula is C29H33ClN8O2. The van der Waals surface area contributed by atoms with Gasteiger partial charge in [0.1, 0.15) is 24.0 Å². The Morgan fingerprint density at radius 2 is 1.80 bits per heavy atom. The van der Waals surface area contributed by atoms with Crippen LogP contribution in [0.4, 0.5) is 17.5 Å². The van der Waals surface area contributed by atoms with Crippen molar-refractivity contribution in [2.24, 2.45) is 5.92 Å². The van der Waals surface area contributed by atoms with E-state index in [9.17, 15) is 9.59 Å². The van der Waals surface area contributed by atoms with Crippen molar-refractivity contribution in [3.8, 4) is 5.82 Å². The summed E-state index contributed by atoms with van der Waals surface area (Å²) in [5.41, 5.74) is 2.61. The molecule has 0 aliphatic rings. The van der Waals surface area contributed by atoms with Crippen LogP contribution < -0.4 is 21.3 Å². The molecule has 11 heteroatoms. The molecule has 0 spiro atoms. The molecule has 2 aromatic carbocycles. The third-order valence-electron chi connectivity index (χ3n) is 5.91. The van der Waals surface area contributed by atoms with Crippen LogP contribution in [0.15, 0.2) is 73.3 Å². The number of carbonyl (C=O) groups is 2. The first kappa shape index (κ1) is 28.6. The SMILES string of the molecule is CC(=O)Nc1ccc(CNC(=O)C(CC(C)C)Nc2cc(-n3ccnc3)nc(NCc3cccc(Cl)c3)n2)cc1. The third kappa shape index (κ3) is 8.54. The van der Waals surface area contributed by atoms with E-state index in [1.165, 1.54) is 6.92 Å². The summed E-state index contributed by atoms with van der Waals surface area (Å²) < 4.78 is 1.78. The molecule has 0 radical (unpaired) electrons. The van der Waals surface area contributed by atoms with Crippen LogP contribution in [0.3, 0.4) is 0 Å². The maximum Gasteiger partial charge on any atom is 0.242 e. The summed E-state index contributed by atoms with van der Waals surface area (Å²) in [5.74, 6) is 1.50. The van der Waals surface area contributed by atoms with Crippen molar-refractivity contribution in [3.05, 3.63) is 89.5 Å². The molecule has 1 unspecified atom stereocenters. The van der Waals surface area contributed by atoms with E-state index in [1.807, 2.05) is 48.5 Å². The lowest BCUT2D eigenvalue weighted by atomic mass is 10.0. The number of rotatable bonds is 12. The van der Waals surface area contributed by atoms with Gasteiger partial charge in [0.05, 0.1) is 0 Å². The third-order valence-corrected chi connectivity index (χ3v) is 6.14. The summed E-state index contributed by atoms with van der Waals surface area (Å²) >= 11 is 6.13. The lowest BCUT2D eigenvalue weighted by Gasteiger charge is -2.21. The van der Waals surface area contributed by atoms with Gasteiger partial charge in [-0.1, -0.05) is 49.7 Å². The topological polar surface area (TPSA) is 126 Å². The van der Waals surface area contributed by atoms with Crippen molar-refractivity contribution in [3.63, 3.8) is 0 Å². The van der Waals surface area contributed by atoms with Gasteiger partial charge < -0.3 is 21.3 Å². The molecule has 0 saturated carbocycles. The molecule has 0 aliphatic carbocycles. The smallest absolute Gasteiger partial charge is 0.242 e. The van der Waals surface area contributed by atoms with Crippen LogP contribution in [0, 0.1) is 5.92 Å². The van der Waals surface area contributed by atoms with Crippen molar-refractivity contribution in [1.82, 2.24) is 24.8 Å². The number of nitrogens with one attached hydrogen (secondary N) is 4. The molecule has 0 bridgehead atoms. The van der Waals surface area contributed by atoms with Crippen LogP contribution in [0.1, 0.15) is 38.3 Å². The zero-order valence-corrected chi connectivity index (χ0v) is 23.4. The Labute approximate surface area is 238 Å². The maximum atomic E-state index is 13.3. The van der Waals surface area contributed by atoms with E-state index in [1.54, 1.807) is 29.4 Å². The first-order valence-electron chi connectivity index (χ1n) is 13.0. The van der Waals surface area contributed by atoms with E-state index in [0.29, 0.717) is 47.8 Å². The number of hydrogen-bond acceptors (Lipinski definition) is 7. The Hall–Kier alpha value is -4.44. The van der Waals surface area contributed by atoms with Crippen LogP contribution in [0.25, 0.3) is 5.82 Å². The minimum absolute atomic E-state index is 0.132. The van der Waals surface area contributed by atoms with Gasteiger partial charge in [-0.3, -0.25) is 14.2 Å². The number of halogens is 1. The summed E-state index contributed by atoms with van der Waals surface area (Å²) in [6.45, 7) is 6.43. The number of hydrogen-bond donors (Lipinski definition) is 4. The second kappa shape index (κ2) is 13.6. The molecular weight excluding hydrogens is 528 g/mol. The number of anilines is 3. The molecule has 4 rings (SSSR count). The van der Waals surface area contributed by atoms with Crippen molar-refractivity contribution in [2.75, 3.05) is 16.0 Å². The van der Waals surface area contributed by atoms with E-state index in [2.05, 4.69) is 50.1 Å².